The van der Waals surface area contributed by atoms with E-state index in [2.05, 4.69) is 12.2 Å². The number of hydrogen-bond acceptors (Lipinski definition) is 3. The molecule has 16 heavy (non-hydrogen) atoms. The van der Waals surface area contributed by atoms with E-state index in [1.807, 2.05) is 21.7 Å². The first kappa shape index (κ1) is 13.5. The van der Waals surface area contributed by atoms with Crippen LogP contribution in [0.1, 0.15) is 12.5 Å². The van der Waals surface area contributed by atoms with Gasteiger partial charge in [0.25, 0.3) is 0 Å². The number of carbonyl (C=O) groups is 1. The Hall–Kier alpha value is -0.580. The monoisotopic (exact) mass is 260 g/mol. The molecule has 2 rings (SSSR count). The molecule has 2 heterocycles. The number of piperazine rings is 1. The molecule has 0 radical (unpaired) electrons. The number of thiophene rings is 1. The third kappa shape index (κ3) is 3.20. The van der Waals surface area contributed by atoms with Crippen LogP contribution in [0.3, 0.4) is 0 Å². The van der Waals surface area contributed by atoms with Crippen molar-refractivity contribution in [3.8, 4) is 0 Å². The fourth-order valence-electron chi connectivity index (χ4n) is 1.88. The quantitative estimate of drug-likeness (QED) is 0.875. The zero-order valence-electron chi connectivity index (χ0n) is 9.31. The molecule has 0 unspecified atom stereocenters. The zero-order valence-corrected chi connectivity index (χ0v) is 10.9. The number of carbonyl (C=O) groups excluding carboxylic acids is 1. The Kier molecular flexibility index (Phi) is 5.25. The van der Waals surface area contributed by atoms with Gasteiger partial charge in [0.15, 0.2) is 0 Å². The standard InChI is InChI=1S/C11H16N2OS.ClH/c1-9-7-12-3-4-13(9)11(14)6-10-2-5-15-8-10;/h2,5,8-9,12H,3-4,6-7H2,1H3;1H/t9-;/m1./s1. The summed E-state index contributed by atoms with van der Waals surface area (Å²) in [5.41, 5.74) is 1.13. The van der Waals surface area contributed by atoms with Crippen LogP contribution in [-0.2, 0) is 11.2 Å². The Morgan fingerprint density at radius 2 is 2.50 bits per heavy atom. The molecule has 1 N–H and O–H groups in total. The van der Waals surface area contributed by atoms with Gasteiger partial charge in [-0.05, 0) is 29.3 Å². The first-order chi connectivity index (χ1) is 7.27. The molecule has 1 aromatic heterocycles. The lowest BCUT2D eigenvalue weighted by Gasteiger charge is -2.34. The van der Waals surface area contributed by atoms with Crippen molar-refractivity contribution in [3.63, 3.8) is 0 Å². The van der Waals surface area contributed by atoms with Gasteiger partial charge >= 0.3 is 0 Å². The lowest BCUT2D eigenvalue weighted by molar-refractivity contribution is -0.133. The molecule has 3 nitrogen and oxygen atoms in total. The second-order valence-electron chi connectivity index (χ2n) is 3.95. The van der Waals surface area contributed by atoms with Crippen LogP contribution in [-0.4, -0.2) is 36.5 Å². The third-order valence-electron chi connectivity index (χ3n) is 2.76. The number of amides is 1. The number of halogens is 1. The molecule has 1 aliphatic heterocycles. The van der Waals surface area contributed by atoms with E-state index in [0.29, 0.717) is 12.5 Å². The van der Waals surface area contributed by atoms with Gasteiger partial charge in [-0.15, -0.1) is 12.4 Å². The van der Waals surface area contributed by atoms with Crippen molar-refractivity contribution in [2.24, 2.45) is 0 Å². The van der Waals surface area contributed by atoms with Gasteiger partial charge in [0.1, 0.15) is 0 Å². The molecule has 0 spiro atoms. The molecule has 0 saturated carbocycles. The maximum Gasteiger partial charge on any atom is 0.227 e. The Bertz CT molecular complexity index is 329. The first-order valence-electron chi connectivity index (χ1n) is 5.28. The van der Waals surface area contributed by atoms with E-state index in [-0.39, 0.29) is 18.3 Å². The smallest absolute Gasteiger partial charge is 0.227 e. The average Bonchev–Trinajstić information content (AvgIpc) is 2.71. The SMILES string of the molecule is C[C@@H]1CNCCN1C(=O)Cc1ccsc1.Cl. The molecule has 5 heteroatoms. The van der Waals surface area contributed by atoms with Gasteiger partial charge in [-0.2, -0.15) is 11.3 Å². The summed E-state index contributed by atoms with van der Waals surface area (Å²) in [5.74, 6) is 0.252. The van der Waals surface area contributed by atoms with Crippen LogP contribution in [0.4, 0.5) is 0 Å². The van der Waals surface area contributed by atoms with E-state index in [1.165, 1.54) is 0 Å². The molecule has 0 aromatic carbocycles. The Morgan fingerprint density at radius 3 is 3.12 bits per heavy atom. The summed E-state index contributed by atoms with van der Waals surface area (Å²) in [4.78, 5) is 14.0. The van der Waals surface area contributed by atoms with Crippen LogP contribution in [0.25, 0.3) is 0 Å². The van der Waals surface area contributed by atoms with Crippen LogP contribution < -0.4 is 5.32 Å². The molecule has 0 bridgehead atoms. The highest BCUT2D eigenvalue weighted by Crippen LogP contribution is 2.10. The topological polar surface area (TPSA) is 32.3 Å². The Labute approximate surface area is 106 Å². The summed E-state index contributed by atoms with van der Waals surface area (Å²) in [6.07, 6.45) is 0.549. The minimum atomic E-state index is 0. The van der Waals surface area contributed by atoms with Gasteiger partial charge in [-0.1, -0.05) is 0 Å². The number of nitrogens with one attached hydrogen (secondary N) is 1. The van der Waals surface area contributed by atoms with Crippen molar-refractivity contribution >= 4 is 29.7 Å². The van der Waals surface area contributed by atoms with Crippen LogP contribution in [0, 0.1) is 0 Å². The predicted molar refractivity (Wildman–Crippen MR) is 69.3 cm³/mol. The highest BCUT2D eigenvalue weighted by molar-refractivity contribution is 7.07. The van der Waals surface area contributed by atoms with E-state index in [1.54, 1.807) is 11.3 Å². The van der Waals surface area contributed by atoms with Crippen molar-refractivity contribution in [1.29, 1.82) is 0 Å². The van der Waals surface area contributed by atoms with Crippen LogP contribution in [0.5, 0.6) is 0 Å². The summed E-state index contributed by atoms with van der Waals surface area (Å²) in [5, 5.41) is 7.35. The third-order valence-corrected chi connectivity index (χ3v) is 3.49. The van der Waals surface area contributed by atoms with Crippen molar-refractivity contribution in [1.82, 2.24) is 10.2 Å². The summed E-state index contributed by atoms with van der Waals surface area (Å²) in [6.45, 7) is 4.76. The van der Waals surface area contributed by atoms with Crippen LogP contribution in [0.2, 0.25) is 0 Å². The number of hydrogen-bond donors (Lipinski definition) is 1. The Morgan fingerprint density at radius 1 is 1.69 bits per heavy atom. The Balaban J connectivity index is 0.00000128. The first-order valence-corrected chi connectivity index (χ1v) is 6.23. The molecule has 1 saturated heterocycles. The second kappa shape index (κ2) is 6.23. The summed E-state index contributed by atoms with van der Waals surface area (Å²) in [7, 11) is 0. The molecular formula is C11H17ClN2OS. The highest BCUT2D eigenvalue weighted by Gasteiger charge is 2.22. The van der Waals surface area contributed by atoms with Crippen molar-refractivity contribution in [2.45, 2.75) is 19.4 Å². The zero-order chi connectivity index (χ0) is 10.7. The van der Waals surface area contributed by atoms with Crippen molar-refractivity contribution in [2.75, 3.05) is 19.6 Å². The fraction of sp³-hybridized carbons (Fsp3) is 0.545. The van der Waals surface area contributed by atoms with Crippen LogP contribution >= 0.6 is 23.7 Å². The van der Waals surface area contributed by atoms with Crippen molar-refractivity contribution < 1.29 is 4.79 Å². The van der Waals surface area contributed by atoms with Gasteiger partial charge in [0, 0.05) is 25.7 Å². The van der Waals surface area contributed by atoms with E-state index in [4.69, 9.17) is 0 Å². The molecule has 1 fully saturated rings. The summed E-state index contributed by atoms with van der Waals surface area (Å²) in [6, 6.07) is 2.35. The van der Waals surface area contributed by atoms with Gasteiger partial charge in [-0.3, -0.25) is 4.79 Å². The molecule has 0 aliphatic carbocycles. The molecule has 1 aliphatic rings. The molecule has 1 aromatic rings. The highest BCUT2D eigenvalue weighted by atomic mass is 35.5. The predicted octanol–water partition coefficient (Wildman–Crippen LogP) is 1.53. The largest absolute Gasteiger partial charge is 0.337 e. The van der Waals surface area contributed by atoms with Gasteiger partial charge in [-0.25, -0.2) is 0 Å². The summed E-state index contributed by atoms with van der Waals surface area (Å²) >= 11 is 1.65. The summed E-state index contributed by atoms with van der Waals surface area (Å²) < 4.78 is 0. The minimum absolute atomic E-state index is 0. The maximum atomic E-state index is 12.0. The number of nitrogens with zero attached hydrogens (tertiary/aromatic N) is 1. The molecule has 1 amide bonds. The van der Waals surface area contributed by atoms with Gasteiger partial charge < -0.3 is 10.2 Å². The van der Waals surface area contributed by atoms with E-state index in [9.17, 15) is 4.79 Å². The van der Waals surface area contributed by atoms with E-state index in [0.717, 1.165) is 25.2 Å². The van der Waals surface area contributed by atoms with E-state index >= 15 is 0 Å². The lowest BCUT2D eigenvalue weighted by Crippen LogP contribution is -2.52. The van der Waals surface area contributed by atoms with E-state index < -0.39 is 0 Å². The van der Waals surface area contributed by atoms with Crippen LogP contribution in [0.15, 0.2) is 16.8 Å². The second-order valence-corrected chi connectivity index (χ2v) is 4.73. The molecule has 1 atom stereocenters. The fourth-order valence-corrected chi connectivity index (χ4v) is 2.55. The lowest BCUT2D eigenvalue weighted by atomic mass is 10.1. The normalized spacial score (nSPS) is 20.3. The molecule has 90 valence electrons. The maximum absolute atomic E-state index is 12.0. The minimum Gasteiger partial charge on any atom is -0.337 e. The van der Waals surface area contributed by atoms with Gasteiger partial charge in [0.05, 0.1) is 6.42 Å². The van der Waals surface area contributed by atoms with Crippen molar-refractivity contribution in [3.05, 3.63) is 22.4 Å². The number of rotatable bonds is 2. The average molecular weight is 261 g/mol. The molecular weight excluding hydrogens is 244 g/mol. The van der Waals surface area contributed by atoms with Gasteiger partial charge in [0.2, 0.25) is 5.91 Å².